The number of anilines is 1. The largest absolute Gasteiger partial charge is 0.321 e. The molecule has 0 aromatic heterocycles. The lowest BCUT2D eigenvalue weighted by Gasteiger charge is -2.09. The third-order valence-corrected chi connectivity index (χ3v) is 3.72. The van der Waals surface area contributed by atoms with E-state index in [9.17, 15) is 4.79 Å². The molecule has 0 atom stereocenters. The van der Waals surface area contributed by atoms with Crippen LogP contribution < -0.4 is 5.32 Å². The normalized spacial score (nSPS) is 9.90. The van der Waals surface area contributed by atoms with E-state index in [1.165, 1.54) is 6.07 Å². The van der Waals surface area contributed by atoms with Gasteiger partial charge in [0.2, 0.25) is 0 Å². The molecule has 0 radical (unpaired) electrons. The topological polar surface area (TPSA) is 52.9 Å². The Labute approximate surface area is 130 Å². The molecule has 0 fully saturated rings. The number of nitriles is 1. The molecule has 2 aromatic rings. The number of amides is 1. The van der Waals surface area contributed by atoms with Crippen molar-refractivity contribution in [1.29, 1.82) is 5.26 Å². The van der Waals surface area contributed by atoms with Crippen molar-refractivity contribution in [2.24, 2.45) is 0 Å². The Morgan fingerprint density at radius 2 is 2.05 bits per heavy atom. The van der Waals surface area contributed by atoms with Crippen molar-refractivity contribution in [3.05, 3.63) is 62.6 Å². The van der Waals surface area contributed by atoms with E-state index >= 15 is 0 Å². The summed E-state index contributed by atoms with van der Waals surface area (Å²) in [5.41, 5.74) is 2.45. The zero-order chi connectivity index (χ0) is 14.7. The first-order valence-corrected chi connectivity index (χ1v) is 6.95. The van der Waals surface area contributed by atoms with E-state index in [0.29, 0.717) is 26.3 Å². The Morgan fingerprint density at radius 1 is 1.30 bits per heavy atom. The fourth-order valence-corrected chi connectivity index (χ4v) is 2.34. The van der Waals surface area contributed by atoms with Gasteiger partial charge in [0.1, 0.15) is 0 Å². The number of carbonyl (C=O) groups excluding carboxylic acids is 1. The second kappa shape index (κ2) is 6.08. The van der Waals surface area contributed by atoms with Gasteiger partial charge in [-0.3, -0.25) is 4.79 Å². The van der Waals surface area contributed by atoms with Crippen LogP contribution >= 0.6 is 27.5 Å². The maximum atomic E-state index is 12.2. The second-order valence-corrected chi connectivity index (χ2v) is 5.51. The molecule has 0 heterocycles. The molecule has 0 aliphatic heterocycles. The number of rotatable bonds is 2. The van der Waals surface area contributed by atoms with Crippen LogP contribution in [-0.2, 0) is 0 Å². The number of benzene rings is 2. The Balaban J connectivity index is 2.28. The molecule has 1 amide bonds. The van der Waals surface area contributed by atoms with Crippen LogP contribution in [0.1, 0.15) is 21.5 Å². The van der Waals surface area contributed by atoms with Crippen molar-refractivity contribution in [2.75, 3.05) is 5.32 Å². The van der Waals surface area contributed by atoms with Crippen molar-refractivity contribution >= 4 is 39.1 Å². The van der Waals surface area contributed by atoms with E-state index < -0.39 is 0 Å². The molecular weight excluding hydrogens is 340 g/mol. The van der Waals surface area contributed by atoms with E-state index in [0.717, 1.165) is 5.56 Å². The summed E-state index contributed by atoms with van der Waals surface area (Å²) >= 11 is 9.38. The number of nitrogens with one attached hydrogen (secondary N) is 1. The monoisotopic (exact) mass is 348 g/mol. The Hall–Kier alpha value is -1.83. The third-order valence-electron chi connectivity index (χ3n) is 2.71. The predicted molar refractivity (Wildman–Crippen MR) is 83.0 cm³/mol. The zero-order valence-electron chi connectivity index (χ0n) is 10.6. The second-order valence-electron chi connectivity index (χ2n) is 4.24. The van der Waals surface area contributed by atoms with Gasteiger partial charge in [-0.05, 0) is 53.2 Å². The summed E-state index contributed by atoms with van der Waals surface area (Å²) in [5.74, 6) is -0.257. The van der Waals surface area contributed by atoms with Crippen LogP contribution in [0.2, 0.25) is 5.02 Å². The lowest BCUT2D eigenvalue weighted by atomic mass is 10.1. The Bertz CT molecular complexity index is 722. The number of carbonyl (C=O) groups is 1. The van der Waals surface area contributed by atoms with E-state index in [4.69, 9.17) is 16.9 Å². The van der Waals surface area contributed by atoms with Crippen LogP contribution in [0, 0.1) is 18.3 Å². The number of aryl methyl sites for hydroxylation is 1. The van der Waals surface area contributed by atoms with Gasteiger partial charge in [0.15, 0.2) is 0 Å². The molecule has 5 heteroatoms. The predicted octanol–water partition coefficient (Wildman–Crippen LogP) is 4.53. The minimum absolute atomic E-state index is 0.257. The van der Waals surface area contributed by atoms with Crippen molar-refractivity contribution in [3.8, 4) is 6.07 Å². The van der Waals surface area contributed by atoms with Crippen LogP contribution in [0.5, 0.6) is 0 Å². The number of hydrogen-bond acceptors (Lipinski definition) is 2. The van der Waals surface area contributed by atoms with Gasteiger partial charge in [0.05, 0.1) is 27.9 Å². The summed E-state index contributed by atoms with van der Waals surface area (Å²) in [6.07, 6.45) is 0. The maximum Gasteiger partial charge on any atom is 0.256 e. The van der Waals surface area contributed by atoms with Crippen LogP contribution in [0.4, 0.5) is 5.69 Å². The SMILES string of the molecule is Cc1ccc(Br)c(C(=O)Nc2ccc(C#N)cc2Cl)c1. The molecule has 0 bridgehead atoms. The first-order valence-electron chi connectivity index (χ1n) is 5.78. The molecular formula is C15H10BrClN2O. The average Bonchev–Trinajstić information content (AvgIpc) is 2.43. The molecule has 1 N–H and O–H groups in total. The Morgan fingerprint density at radius 3 is 2.70 bits per heavy atom. The standard InChI is InChI=1S/C15H10BrClN2O/c1-9-2-4-12(16)11(6-9)15(20)19-14-5-3-10(8-18)7-13(14)17/h2-7H,1H3,(H,19,20). The molecule has 0 saturated heterocycles. The van der Waals surface area contributed by atoms with Crippen LogP contribution in [-0.4, -0.2) is 5.91 Å². The number of halogens is 2. The Kier molecular flexibility index (Phi) is 4.43. The van der Waals surface area contributed by atoms with Crippen molar-refractivity contribution < 1.29 is 4.79 Å². The lowest BCUT2D eigenvalue weighted by molar-refractivity contribution is 0.102. The zero-order valence-corrected chi connectivity index (χ0v) is 12.9. The van der Waals surface area contributed by atoms with Crippen LogP contribution in [0.15, 0.2) is 40.9 Å². The summed E-state index contributed by atoms with van der Waals surface area (Å²) in [6.45, 7) is 1.91. The van der Waals surface area contributed by atoms with Gasteiger partial charge >= 0.3 is 0 Å². The molecule has 2 aromatic carbocycles. The van der Waals surface area contributed by atoms with E-state index in [1.54, 1.807) is 18.2 Å². The van der Waals surface area contributed by atoms with Crippen molar-refractivity contribution in [3.63, 3.8) is 0 Å². The molecule has 2 rings (SSSR count). The first kappa shape index (κ1) is 14.6. The summed E-state index contributed by atoms with van der Waals surface area (Å²) in [7, 11) is 0. The molecule has 0 unspecified atom stereocenters. The quantitative estimate of drug-likeness (QED) is 0.865. The molecule has 0 aliphatic carbocycles. The summed E-state index contributed by atoms with van der Waals surface area (Å²) in [5, 5.41) is 11.8. The fraction of sp³-hybridized carbons (Fsp3) is 0.0667. The molecule has 3 nitrogen and oxygen atoms in total. The first-order chi connectivity index (χ1) is 9.51. The molecule has 0 spiro atoms. The minimum atomic E-state index is -0.257. The fourth-order valence-electron chi connectivity index (χ4n) is 1.69. The van der Waals surface area contributed by atoms with Gasteiger partial charge in [0, 0.05) is 4.47 Å². The van der Waals surface area contributed by atoms with Gasteiger partial charge in [-0.15, -0.1) is 0 Å². The van der Waals surface area contributed by atoms with Gasteiger partial charge < -0.3 is 5.32 Å². The number of hydrogen-bond donors (Lipinski definition) is 1. The van der Waals surface area contributed by atoms with Crippen LogP contribution in [0.25, 0.3) is 0 Å². The van der Waals surface area contributed by atoms with Crippen molar-refractivity contribution in [2.45, 2.75) is 6.92 Å². The highest BCUT2D eigenvalue weighted by Gasteiger charge is 2.12. The van der Waals surface area contributed by atoms with E-state index in [-0.39, 0.29) is 5.91 Å². The highest BCUT2D eigenvalue weighted by Crippen LogP contribution is 2.25. The van der Waals surface area contributed by atoms with Gasteiger partial charge in [-0.25, -0.2) is 0 Å². The molecule has 0 aliphatic rings. The highest BCUT2D eigenvalue weighted by atomic mass is 79.9. The van der Waals surface area contributed by atoms with Crippen molar-refractivity contribution in [1.82, 2.24) is 0 Å². The van der Waals surface area contributed by atoms with E-state index in [1.807, 2.05) is 25.1 Å². The summed E-state index contributed by atoms with van der Waals surface area (Å²) in [6, 6.07) is 12.3. The van der Waals surface area contributed by atoms with E-state index in [2.05, 4.69) is 21.2 Å². The highest BCUT2D eigenvalue weighted by molar-refractivity contribution is 9.10. The number of nitrogens with zero attached hydrogens (tertiary/aromatic N) is 1. The summed E-state index contributed by atoms with van der Waals surface area (Å²) in [4.78, 5) is 12.2. The maximum absolute atomic E-state index is 12.2. The lowest BCUT2D eigenvalue weighted by Crippen LogP contribution is -2.13. The molecule has 20 heavy (non-hydrogen) atoms. The minimum Gasteiger partial charge on any atom is -0.321 e. The average molecular weight is 350 g/mol. The third kappa shape index (κ3) is 3.19. The smallest absolute Gasteiger partial charge is 0.256 e. The van der Waals surface area contributed by atoms with Gasteiger partial charge in [-0.1, -0.05) is 23.2 Å². The summed E-state index contributed by atoms with van der Waals surface area (Å²) < 4.78 is 0.713. The van der Waals surface area contributed by atoms with Gasteiger partial charge in [-0.2, -0.15) is 5.26 Å². The molecule has 0 saturated carbocycles. The molecule has 100 valence electrons. The van der Waals surface area contributed by atoms with Crippen LogP contribution in [0.3, 0.4) is 0 Å². The van der Waals surface area contributed by atoms with Gasteiger partial charge in [0.25, 0.3) is 5.91 Å².